The summed E-state index contributed by atoms with van der Waals surface area (Å²) in [6.07, 6.45) is 5.49. The minimum atomic E-state index is -0.388. The molecular formula is C24H22N6O2S. The van der Waals surface area contributed by atoms with Gasteiger partial charge in [-0.2, -0.15) is 0 Å². The number of aromatic amines is 1. The van der Waals surface area contributed by atoms with Crippen molar-refractivity contribution in [3.63, 3.8) is 0 Å². The number of morpholine rings is 1. The number of aromatic nitrogens is 4. The van der Waals surface area contributed by atoms with E-state index in [1.165, 1.54) is 4.90 Å². The van der Waals surface area contributed by atoms with Crippen molar-refractivity contribution in [1.29, 1.82) is 0 Å². The van der Waals surface area contributed by atoms with Crippen LogP contribution in [0.3, 0.4) is 0 Å². The molecule has 166 valence electrons. The SMILES string of the molecule is CSc1ccc(CN2C(=O)C3COCCN3c3nc(-c4cccc5[nH]cnc45)ncc32)cc1. The fourth-order valence-electron chi connectivity index (χ4n) is 4.48. The van der Waals surface area contributed by atoms with Gasteiger partial charge in [0.25, 0.3) is 5.91 Å². The molecule has 0 radical (unpaired) electrons. The number of nitrogens with one attached hydrogen (secondary N) is 1. The number of ether oxygens (including phenoxy) is 1. The zero-order valence-corrected chi connectivity index (χ0v) is 18.9. The van der Waals surface area contributed by atoms with Crippen LogP contribution in [0.2, 0.25) is 0 Å². The van der Waals surface area contributed by atoms with Crippen LogP contribution in [0.5, 0.6) is 0 Å². The molecule has 6 rings (SSSR count). The van der Waals surface area contributed by atoms with Crippen molar-refractivity contribution in [1.82, 2.24) is 19.9 Å². The Balaban J connectivity index is 1.44. The first-order chi connectivity index (χ1) is 16.2. The third-order valence-electron chi connectivity index (χ3n) is 6.18. The van der Waals surface area contributed by atoms with Gasteiger partial charge >= 0.3 is 0 Å². The largest absolute Gasteiger partial charge is 0.377 e. The van der Waals surface area contributed by atoms with Gasteiger partial charge in [0.15, 0.2) is 11.6 Å². The number of nitrogens with zero attached hydrogens (tertiary/aromatic N) is 5. The van der Waals surface area contributed by atoms with Crippen molar-refractivity contribution in [2.75, 3.05) is 35.8 Å². The molecule has 0 saturated carbocycles. The topological polar surface area (TPSA) is 87.2 Å². The summed E-state index contributed by atoms with van der Waals surface area (Å²) in [7, 11) is 0. The van der Waals surface area contributed by atoms with E-state index in [-0.39, 0.29) is 11.9 Å². The van der Waals surface area contributed by atoms with E-state index in [9.17, 15) is 4.79 Å². The number of amides is 1. The van der Waals surface area contributed by atoms with Crippen molar-refractivity contribution >= 4 is 40.2 Å². The molecule has 0 bridgehead atoms. The second kappa shape index (κ2) is 8.17. The van der Waals surface area contributed by atoms with E-state index in [0.717, 1.165) is 33.7 Å². The smallest absolute Gasteiger partial charge is 0.252 e. The van der Waals surface area contributed by atoms with E-state index in [4.69, 9.17) is 9.72 Å². The highest BCUT2D eigenvalue weighted by Gasteiger charge is 2.41. The number of carbonyl (C=O) groups is 1. The number of imidazole rings is 1. The van der Waals surface area contributed by atoms with Gasteiger partial charge in [-0.05, 0) is 36.1 Å². The third kappa shape index (κ3) is 3.44. The molecule has 8 nitrogen and oxygen atoms in total. The normalized spacial score (nSPS) is 17.8. The molecule has 1 fully saturated rings. The fourth-order valence-corrected chi connectivity index (χ4v) is 4.89. The molecule has 2 aromatic carbocycles. The summed E-state index contributed by atoms with van der Waals surface area (Å²) in [5.41, 5.74) is 4.40. The number of anilines is 2. The van der Waals surface area contributed by atoms with Gasteiger partial charge in [0.1, 0.15) is 11.7 Å². The van der Waals surface area contributed by atoms with E-state index in [2.05, 4.69) is 50.4 Å². The molecule has 1 saturated heterocycles. The Morgan fingerprint density at radius 2 is 2.06 bits per heavy atom. The molecule has 0 aliphatic carbocycles. The van der Waals surface area contributed by atoms with Crippen LogP contribution in [-0.4, -0.2) is 57.9 Å². The fraction of sp³-hybridized carbons (Fsp3) is 0.250. The maximum Gasteiger partial charge on any atom is 0.252 e. The summed E-state index contributed by atoms with van der Waals surface area (Å²) < 4.78 is 5.67. The van der Waals surface area contributed by atoms with E-state index >= 15 is 0 Å². The zero-order chi connectivity index (χ0) is 22.4. The summed E-state index contributed by atoms with van der Waals surface area (Å²) >= 11 is 1.70. The number of hydrogen-bond acceptors (Lipinski definition) is 7. The van der Waals surface area contributed by atoms with Gasteiger partial charge in [-0.15, -0.1) is 11.8 Å². The molecule has 0 spiro atoms. The minimum absolute atomic E-state index is 0.0156. The predicted octanol–water partition coefficient (Wildman–Crippen LogP) is 3.49. The van der Waals surface area contributed by atoms with E-state index in [1.807, 2.05) is 18.2 Å². The van der Waals surface area contributed by atoms with E-state index < -0.39 is 0 Å². The lowest BCUT2D eigenvalue weighted by atomic mass is 10.1. The van der Waals surface area contributed by atoms with Gasteiger partial charge in [-0.3, -0.25) is 4.79 Å². The van der Waals surface area contributed by atoms with Crippen LogP contribution >= 0.6 is 11.8 Å². The number of carbonyl (C=O) groups excluding carboxylic acids is 1. The highest BCUT2D eigenvalue weighted by molar-refractivity contribution is 7.98. The molecule has 33 heavy (non-hydrogen) atoms. The second-order valence-electron chi connectivity index (χ2n) is 8.06. The van der Waals surface area contributed by atoms with Crippen LogP contribution in [0.25, 0.3) is 22.4 Å². The number of para-hydroxylation sites is 1. The average molecular weight is 459 g/mol. The van der Waals surface area contributed by atoms with Gasteiger partial charge in [0.05, 0.1) is 43.3 Å². The molecule has 2 aliphatic heterocycles. The van der Waals surface area contributed by atoms with Crippen molar-refractivity contribution in [3.05, 3.63) is 60.6 Å². The van der Waals surface area contributed by atoms with Crippen molar-refractivity contribution in [2.24, 2.45) is 0 Å². The quantitative estimate of drug-likeness (QED) is 0.469. The standard InChI is InChI=1S/C24H22N6O2S/c1-33-16-7-5-15(6-8-16)12-30-19-11-25-22(17-3-2-4-18-21(17)27-14-26-18)28-23(19)29-9-10-32-13-20(29)24(30)31/h2-8,11,14,20H,9-10,12-13H2,1H3,(H,26,27). The Hall–Kier alpha value is -3.43. The summed E-state index contributed by atoms with van der Waals surface area (Å²) in [5.74, 6) is 1.37. The van der Waals surface area contributed by atoms with Crippen molar-refractivity contribution in [3.8, 4) is 11.4 Å². The van der Waals surface area contributed by atoms with Crippen LogP contribution in [0.4, 0.5) is 11.5 Å². The molecule has 4 heterocycles. The number of rotatable bonds is 4. The number of thioether (sulfide) groups is 1. The molecule has 4 aromatic rings. The summed E-state index contributed by atoms with van der Waals surface area (Å²) in [4.78, 5) is 35.7. The highest BCUT2D eigenvalue weighted by atomic mass is 32.2. The zero-order valence-electron chi connectivity index (χ0n) is 18.1. The average Bonchev–Trinajstić information content (AvgIpc) is 3.36. The molecule has 2 aromatic heterocycles. The number of hydrogen-bond donors (Lipinski definition) is 1. The maximum absolute atomic E-state index is 13.5. The van der Waals surface area contributed by atoms with Crippen LogP contribution in [0.15, 0.2) is 59.9 Å². The first-order valence-corrected chi connectivity index (χ1v) is 12.0. The van der Waals surface area contributed by atoms with Crippen LogP contribution in [0.1, 0.15) is 5.56 Å². The Bertz CT molecular complexity index is 1340. The molecule has 1 N–H and O–H groups in total. The van der Waals surface area contributed by atoms with Gasteiger partial charge in [0, 0.05) is 17.0 Å². The molecule has 9 heteroatoms. The number of fused-ring (bicyclic) bond motifs is 4. The van der Waals surface area contributed by atoms with Crippen molar-refractivity contribution in [2.45, 2.75) is 17.5 Å². The van der Waals surface area contributed by atoms with Crippen molar-refractivity contribution < 1.29 is 9.53 Å². The van der Waals surface area contributed by atoms with Crippen LogP contribution in [-0.2, 0) is 16.1 Å². The molecular weight excluding hydrogens is 436 g/mol. The van der Waals surface area contributed by atoms with E-state index in [0.29, 0.717) is 32.1 Å². The minimum Gasteiger partial charge on any atom is -0.377 e. The lowest BCUT2D eigenvalue weighted by Gasteiger charge is -2.43. The van der Waals surface area contributed by atoms with Gasteiger partial charge in [-0.25, -0.2) is 15.0 Å². The lowest BCUT2D eigenvalue weighted by Crippen LogP contribution is -2.58. The van der Waals surface area contributed by atoms with Crippen LogP contribution < -0.4 is 9.80 Å². The Kier molecular flexibility index (Phi) is 5.00. The number of H-pyrrole nitrogens is 1. The van der Waals surface area contributed by atoms with E-state index in [1.54, 1.807) is 29.2 Å². The van der Waals surface area contributed by atoms with Gasteiger partial charge < -0.3 is 19.5 Å². The summed E-state index contributed by atoms with van der Waals surface area (Å²) in [5, 5.41) is 0. The van der Waals surface area contributed by atoms with Gasteiger partial charge in [-0.1, -0.05) is 18.2 Å². The highest BCUT2D eigenvalue weighted by Crippen LogP contribution is 2.38. The Morgan fingerprint density at radius 1 is 1.18 bits per heavy atom. The predicted molar refractivity (Wildman–Crippen MR) is 128 cm³/mol. The summed E-state index contributed by atoms with van der Waals surface area (Å²) in [6.45, 7) is 1.99. The first kappa shape index (κ1) is 20.2. The molecule has 1 atom stereocenters. The monoisotopic (exact) mass is 458 g/mol. The van der Waals surface area contributed by atoms with Crippen LogP contribution in [0, 0.1) is 0 Å². The molecule has 1 amide bonds. The Labute approximate surface area is 195 Å². The lowest BCUT2D eigenvalue weighted by molar-refractivity contribution is -0.122. The maximum atomic E-state index is 13.5. The Morgan fingerprint density at radius 3 is 2.91 bits per heavy atom. The van der Waals surface area contributed by atoms with Gasteiger partial charge in [0.2, 0.25) is 0 Å². The number of benzene rings is 2. The third-order valence-corrected chi connectivity index (χ3v) is 6.93. The molecule has 1 unspecified atom stereocenters. The molecule has 2 aliphatic rings. The second-order valence-corrected chi connectivity index (χ2v) is 8.94. The summed E-state index contributed by atoms with van der Waals surface area (Å²) in [6, 6.07) is 13.8. The first-order valence-electron chi connectivity index (χ1n) is 10.8.